The SMILES string of the molecule is CC(C)(C)c1ccc(Nc2cc(C(=O)N3CCC4(CC3)OCCO4)ncn2)cc1. The van der Waals surface area contributed by atoms with Crippen molar-refractivity contribution in [3.05, 3.63) is 47.9 Å². The number of carbonyl (C=O) groups excluding carboxylic acids is 1. The second kappa shape index (κ2) is 7.72. The second-order valence-electron chi connectivity index (χ2n) is 8.64. The molecule has 1 amide bonds. The molecule has 7 heteroatoms. The van der Waals surface area contributed by atoms with Gasteiger partial charge in [0.15, 0.2) is 5.79 Å². The lowest BCUT2D eigenvalue weighted by Gasteiger charge is -2.37. The fraction of sp³-hybridized carbons (Fsp3) is 0.500. The molecule has 1 aromatic carbocycles. The van der Waals surface area contributed by atoms with E-state index in [0.717, 1.165) is 5.69 Å². The molecule has 29 heavy (non-hydrogen) atoms. The minimum absolute atomic E-state index is 0.0913. The molecular weight excluding hydrogens is 368 g/mol. The molecule has 0 bridgehead atoms. The highest BCUT2D eigenvalue weighted by molar-refractivity contribution is 5.93. The Morgan fingerprint density at radius 1 is 1.07 bits per heavy atom. The van der Waals surface area contributed by atoms with Crippen LogP contribution in [0.3, 0.4) is 0 Å². The third-order valence-corrected chi connectivity index (χ3v) is 5.54. The van der Waals surface area contributed by atoms with Gasteiger partial charge in [0.1, 0.15) is 17.8 Å². The van der Waals surface area contributed by atoms with Crippen molar-refractivity contribution in [1.29, 1.82) is 0 Å². The number of likely N-dealkylation sites (tertiary alicyclic amines) is 1. The summed E-state index contributed by atoms with van der Waals surface area (Å²) in [4.78, 5) is 23.1. The molecule has 4 rings (SSSR count). The molecule has 0 aliphatic carbocycles. The van der Waals surface area contributed by atoms with Gasteiger partial charge in [-0.15, -0.1) is 0 Å². The maximum Gasteiger partial charge on any atom is 0.272 e. The summed E-state index contributed by atoms with van der Waals surface area (Å²) in [7, 11) is 0. The van der Waals surface area contributed by atoms with Gasteiger partial charge in [0.25, 0.3) is 5.91 Å². The fourth-order valence-corrected chi connectivity index (χ4v) is 3.74. The van der Waals surface area contributed by atoms with Gasteiger partial charge in [0.05, 0.1) is 13.2 Å². The summed E-state index contributed by atoms with van der Waals surface area (Å²) in [6, 6.07) is 9.96. The molecule has 0 atom stereocenters. The third kappa shape index (κ3) is 4.41. The predicted octanol–water partition coefficient (Wildman–Crippen LogP) is 3.50. The molecule has 0 unspecified atom stereocenters. The summed E-state index contributed by atoms with van der Waals surface area (Å²) < 4.78 is 11.5. The predicted molar refractivity (Wildman–Crippen MR) is 110 cm³/mol. The molecule has 2 aliphatic rings. The van der Waals surface area contributed by atoms with Gasteiger partial charge >= 0.3 is 0 Å². The normalized spacial score (nSPS) is 18.8. The summed E-state index contributed by atoms with van der Waals surface area (Å²) in [6.45, 7) is 9.01. The summed E-state index contributed by atoms with van der Waals surface area (Å²) in [6.07, 6.45) is 2.80. The largest absolute Gasteiger partial charge is 0.347 e. The molecule has 2 fully saturated rings. The average Bonchev–Trinajstić information content (AvgIpc) is 3.16. The number of hydrogen-bond acceptors (Lipinski definition) is 6. The molecule has 1 aromatic heterocycles. The van der Waals surface area contributed by atoms with Crippen LogP contribution < -0.4 is 5.32 Å². The van der Waals surface area contributed by atoms with Crippen LogP contribution in [0.25, 0.3) is 0 Å². The van der Waals surface area contributed by atoms with Crippen LogP contribution in [0.4, 0.5) is 11.5 Å². The summed E-state index contributed by atoms with van der Waals surface area (Å²) in [5.74, 6) is 0.0168. The first kappa shape index (κ1) is 19.8. The van der Waals surface area contributed by atoms with Crippen molar-refractivity contribution < 1.29 is 14.3 Å². The van der Waals surface area contributed by atoms with Crippen LogP contribution in [0.1, 0.15) is 49.7 Å². The molecule has 2 aromatic rings. The number of hydrogen-bond donors (Lipinski definition) is 1. The standard InChI is InChI=1S/C22H28N4O3/c1-21(2,3)16-4-6-17(7-5-16)25-19-14-18(23-15-24-19)20(27)26-10-8-22(9-11-26)28-12-13-29-22/h4-7,14-15H,8-13H2,1-3H3,(H,23,24,25). The van der Waals surface area contributed by atoms with Crippen molar-refractivity contribution in [3.8, 4) is 0 Å². The number of amides is 1. The molecule has 3 heterocycles. The van der Waals surface area contributed by atoms with Crippen LogP contribution in [-0.4, -0.2) is 52.9 Å². The van der Waals surface area contributed by atoms with Crippen molar-refractivity contribution in [3.63, 3.8) is 0 Å². The number of benzene rings is 1. The Bertz CT molecular complexity index is 860. The van der Waals surface area contributed by atoms with E-state index in [-0.39, 0.29) is 11.3 Å². The summed E-state index contributed by atoms with van der Waals surface area (Å²) >= 11 is 0. The van der Waals surface area contributed by atoms with E-state index in [4.69, 9.17) is 9.47 Å². The van der Waals surface area contributed by atoms with Gasteiger partial charge in [0, 0.05) is 37.7 Å². The van der Waals surface area contributed by atoms with Crippen molar-refractivity contribution >= 4 is 17.4 Å². The first-order valence-electron chi connectivity index (χ1n) is 10.1. The monoisotopic (exact) mass is 396 g/mol. The summed E-state index contributed by atoms with van der Waals surface area (Å²) in [5, 5.41) is 3.26. The highest BCUT2D eigenvalue weighted by Gasteiger charge is 2.41. The van der Waals surface area contributed by atoms with Crippen molar-refractivity contribution in [2.45, 2.75) is 44.8 Å². The molecule has 0 saturated carbocycles. The smallest absolute Gasteiger partial charge is 0.272 e. The van der Waals surface area contributed by atoms with E-state index in [0.29, 0.717) is 50.7 Å². The Kier molecular flexibility index (Phi) is 5.27. The maximum atomic E-state index is 12.9. The topological polar surface area (TPSA) is 76.6 Å². The van der Waals surface area contributed by atoms with E-state index < -0.39 is 5.79 Å². The van der Waals surface area contributed by atoms with E-state index in [1.165, 1.54) is 11.9 Å². The number of rotatable bonds is 3. The number of anilines is 2. The van der Waals surface area contributed by atoms with Gasteiger partial charge in [-0.25, -0.2) is 9.97 Å². The van der Waals surface area contributed by atoms with Crippen LogP contribution in [0.2, 0.25) is 0 Å². The second-order valence-corrected chi connectivity index (χ2v) is 8.64. The van der Waals surface area contributed by atoms with Crippen LogP contribution in [0.15, 0.2) is 36.7 Å². The quantitative estimate of drug-likeness (QED) is 0.856. The van der Waals surface area contributed by atoms with Gasteiger partial charge in [0.2, 0.25) is 0 Å². The van der Waals surface area contributed by atoms with E-state index in [2.05, 4.69) is 48.2 Å². The lowest BCUT2D eigenvalue weighted by atomic mass is 9.87. The van der Waals surface area contributed by atoms with E-state index in [1.54, 1.807) is 11.0 Å². The third-order valence-electron chi connectivity index (χ3n) is 5.54. The zero-order valence-electron chi connectivity index (χ0n) is 17.3. The van der Waals surface area contributed by atoms with Crippen LogP contribution in [0, 0.1) is 0 Å². The van der Waals surface area contributed by atoms with E-state index >= 15 is 0 Å². The Hall–Kier alpha value is -2.51. The van der Waals surface area contributed by atoms with Gasteiger partial charge in [-0.2, -0.15) is 0 Å². The first-order chi connectivity index (χ1) is 13.8. The van der Waals surface area contributed by atoms with E-state index in [9.17, 15) is 4.79 Å². The van der Waals surface area contributed by atoms with Gasteiger partial charge < -0.3 is 19.7 Å². The van der Waals surface area contributed by atoms with Gasteiger partial charge in [-0.05, 0) is 23.1 Å². The van der Waals surface area contributed by atoms with Crippen molar-refractivity contribution in [2.24, 2.45) is 0 Å². The van der Waals surface area contributed by atoms with Gasteiger partial charge in [-0.1, -0.05) is 32.9 Å². The van der Waals surface area contributed by atoms with E-state index in [1.807, 2.05) is 12.1 Å². The molecule has 2 aliphatic heterocycles. The number of nitrogens with one attached hydrogen (secondary N) is 1. The number of carbonyl (C=O) groups is 1. The minimum Gasteiger partial charge on any atom is -0.347 e. The minimum atomic E-state index is -0.492. The Morgan fingerprint density at radius 3 is 2.34 bits per heavy atom. The lowest BCUT2D eigenvalue weighted by Crippen LogP contribution is -2.47. The molecule has 2 saturated heterocycles. The van der Waals surface area contributed by atoms with Crippen molar-refractivity contribution in [1.82, 2.24) is 14.9 Å². The first-order valence-corrected chi connectivity index (χ1v) is 10.1. The lowest BCUT2D eigenvalue weighted by molar-refractivity contribution is -0.181. The molecule has 1 spiro atoms. The number of nitrogens with zero attached hydrogens (tertiary/aromatic N) is 3. The van der Waals surface area contributed by atoms with Crippen molar-refractivity contribution in [2.75, 3.05) is 31.6 Å². The van der Waals surface area contributed by atoms with Crippen LogP contribution in [-0.2, 0) is 14.9 Å². The average molecular weight is 396 g/mol. The maximum absolute atomic E-state index is 12.9. The van der Waals surface area contributed by atoms with Crippen LogP contribution >= 0.6 is 0 Å². The Balaban J connectivity index is 1.41. The Labute approximate surface area is 171 Å². The molecule has 1 N–H and O–H groups in total. The fourth-order valence-electron chi connectivity index (χ4n) is 3.74. The highest BCUT2D eigenvalue weighted by Crippen LogP contribution is 2.31. The number of ether oxygens (including phenoxy) is 2. The zero-order valence-corrected chi connectivity index (χ0v) is 17.3. The Morgan fingerprint density at radius 2 is 1.72 bits per heavy atom. The van der Waals surface area contributed by atoms with Gasteiger partial charge in [-0.3, -0.25) is 4.79 Å². The zero-order chi connectivity index (χ0) is 20.5. The molecule has 0 radical (unpaired) electrons. The van der Waals surface area contributed by atoms with Crippen LogP contribution in [0.5, 0.6) is 0 Å². The summed E-state index contributed by atoms with van der Waals surface area (Å²) in [5.41, 5.74) is 2.68. The molecule has 7 nitrogen and oxygen atoms in total. The number of piperidine rings is 1. The highest BCUT2D eigenvalue weighted by atomic mass is 16.7. The molecular formula is C22H28N4O3. The molecule has 154 valence electrons. The number of aromatic nitrogens is 2.